The van der Waals surface area contributed by atoms with Gasteiger partial charge < -0.3 is 5.11 Å². The lowest BCUT2D eigenvalue weighted by molar-refractivity contribution is -0.141. The van der Waals surface area contributed by atoms with Crippen LogP contribution in [0.2, 0.25) is 0 Å². The van der Waals surface area contributed by atoms with Crippen LogP contribution in [0.15, 0.2) is 28.7 Å². The van der Waals surface area contributed by atoms with Crippen LogP contribution >= 0.6 is 15.9 Å². The molecule has 0 aliphatic rings. The van der Waals surface area contributed by atoms with Crippen LogP contribution in [0, 0.1) is 5.92 Å². The van der Waals surface area contributed by atoms with E-state index in [0.717, 1.165) is 10.0 Å². The average molecular weight is 363 g/mol. The quantitative estimate of drug-likeness (QED) is 0.771. The number of benzene rings is 1. The Bertz CT molecular complexity index is 537. The molecule has 4 nitrogen and oxygen atoms in total. The van der Waals surface area contributed by atoms with Crippen molar-refractivity contribution in [2.45, 2.75) is 26.2 Å². The lowest BCUT2D eigenvalue weighted by Crippen LogP contribution is -2.21. The summed E-state index contributed by atoms with van der Waals surface area (Å²) in [4.78, 5) is 11.2. The van der Waals surface area contributed by atoms with Gasteiger partial charge in [0.1, 0.15) is 9.84 Å². The molecule has 0 saturated carbocycles. The molecule has 0 aliphatic carbocycles. The molecule has 0 bridgehead atoms. The van der Waals surface area contributed by atoms with Gasteiger partial charge in [0.25, 0.3) is 0 Å². The van der Waals surface area contributed by atoms with Crippen LogP contribution in [-0.4, -0.2) is 31.0 Å². The molecule has 0 aromatic heterocycles. The van der Waals surface area contributed by atoms with Gasteiger partial charge in [-0.2, -0.15) is 0 Å². The SMILES string of the molecule is CCCS(=O)(=O)CCC(Cc1ccc(Br)cc1)C(=O)O. The zero-order chi connectivity index (χ0) is 15.2. The largest absolute Gasteiger partial charge is 0.481 e. The van der Waals surface area contributed by atoms with Crippen LogP contribution in [0.1, 0.15) is 25.3 Å². The first kappa shape index (κ1) is 17.2. The number of sulfone groups is 1. The standard InChI is InChI=1S/C14H19BrO4S/c1-2-8-20(18,19)9-7-12(14(16)17)10-11-3-5-13(15)6-4-11/h3-6,12H,2,7-10H2,1H3,(H,16,17). The van der Waals surface area contributed by atoms with Gasteiger partial charge in [0.15, 0.2) is 0 Å². The zero-order valence-electron chi connectivity index (χ0n) is 11.4. The first-order valence-corrected chi connectivity index (χ1v) is 9.13. The maximum absolute atomic E-state index is 11.7. The second-order valence-electron chi connectivity index (χ2n) is 4.81. The van der Waals surface area contributed by atoms with E-state index in [0.29, 0.717) is 12.8 Å². The summed E-state index contributed by atoms with van der Waals surface area (Å²) in [5, 5.41) is 9.21. The van der Waals surface area contributed by atoms with E-state index in [1.807, 2.05) is 24.3 Å². The summed E-state index contributed by atoms with van der Waals surface area (Å²) in [7, 11) is -3.13. The summed E-state index contributed by atoms with van der Waals surface area (Å²) < 4.78 is 24.2. The van der Waals surface area contributed by atoms with E-state index in [-0.39, 0.29) is 17.9 Å². The third kappa shape index (κ3) is 6.05. The number of hydrogen-bond donors (Lipinski definition) is 1. The van der Waals surface area contributed by atoms with Gasteiger partial charge in [-0.25, -0.2) is 8.42 Å². The fraction of sp³-hybridized carbons (Fsp3) is 0.500. The summed E-state index contributed by atoms with van der Waals surface area (Å²) in [5.74, 6) is -1.55. The van der Waals surface area contributed by atoms with Crippen molar-refractivity contribution in [2.75, 3.05) is 11.5 Å². The number of carboxylic acids is 1. The van der Waals surface area contributed by atoms with Crippen LogP contribution in [0.25, 0.3) is 0 Å². The molecular weight excluding hydrogens is 344 g/mol. The number of hydrogen-bond acceptors (Lipinski definition) is 3. The minimum absolute atomic E-state index is 0.0612. The molecule has 1 aromatic carbocycles. The predicted octanol–water partition coefficient (Wildman–Crippen LogP) is 2.91. The molecule has 0 spiro atoms. The summed E-state index contributed by atoms with van der Waals surface area (Å²) >= 11 is 3.32. The van der Waals surface area contributed by atoms with Gasteiger partial charge in [0.05, 0.1) is 11.7 Å². The lowest BCUT2D eigenvalue weighted by Gasteiger charge is -2.12. The second kappa shape index (κ2) is 7.78. The highest BCUT2D eigenvalue weighted by molar-refractivity contribution is 9.10. The minimum atomic E-state index is -3.13. The monoisotopic (exact) mass is 362 g/mol. The molecule has 1 N–H and O–H groups in total. The molecule has 1 aromatic rings. The normalized spacial score (nSPS) is 13.1. The van der Waals surface area contributed by atoms with Crippen molar-refractivity contribution >= 4 is 31.7 Å². The molecule has 0 amide bonds. The Hall–Kier alpha value is -0.880. The number of rotatable bonds is 8. The Morgan fingerprint density at radius 3 is 2.35 bits per heavy atom. The van der Waals surface area contributed by atoms with E-state index in [9.17, 15) is 18.3 Å². The molecule has 6 heteroatoms. The smallest absolute Gasteiger partial charge is 0.306 e. The molecule has 1 rings (SSSR count). The molecule has 112 valence electrons. The van der Waals surface area contributed by atoms with Crippen molar-refractivity contribution in [1.82, 2.24) is 0 Å². The van der Waals surface area contributed by atoms with Crippen molar-refractivity contribution in [2.24, 2.45) is 5.92 Å². The van der Waals surface area contributed by atoms with E-state index >= 15 is 0 Å². The second-order valence-corrected chi connectivity index (χ2v) is 8.03. The molecular formula is C14H19BrO4S. The zero-order valence-corrected chi connectivity index (χ0v) is 13.8. The van der Waals surface area contributed by atoms with Gasteiger partial charge >= 0.3 is 5.97 Å². The minimum Gasteiger partial charge on any atom is -0.481 e. The van der Waals surface area contributed by atoms with Crippen molar-refractivity contribution in [3.8, 4) is 0 Å². The molecule has 0 radical (unpaired) electrons. The van der Waals surface area contributed by atoms with E-state index < -0.39 is 21.7 Å². The fourth-order valence-electron chi connectivity index (χ4n) is 1.95. The third-order valence-corrected chi connectivity index (χ3v) is 5.45. The van der Waals surface area contributed by atoms with Crippen LogP contribution in [0.4, 0.5) is 0 Å². The molecule has 0 heterocycles. The van der Waals surface area contributed by atoms with Gasteiger partial charge in [0, 0.05) is 10.2 Å². The fourth-order valence-corrected chi connectivity index (χ4v) is 3.69. The van der Waals surface area contributed by atoms with Gasteiger partial charge in [-0.15, -0.1) is 0 Å². The number of aliphatic carboxylic acids is 1. The van der Waals surface area contributed by atoms with E-state index in [1.165, 1.54) is 0 Å². The van der Waals surface area contributed by atoms with Gasteiger partial charge in [0.2, 0.25) is 0 Å². The molecule has 0 saturated heterocycles. The molecule has 0 aliphatic heterocycles. The Morgan fingerprint density at radius 1 is 1.25 bits per heavy atom. The Kier molecular flexibility index (Phi) is 6.68. The summed E-state index contributed by atoms with van der Waals surface area (Å²) in [6.45, 7) is 1.80. The molecule has 1 atom stereocenters. The van der Waals surface area contributed by atoms with Crippen molar-refractivity contribution in [1.29, 1.82) is 0 Å². The average Bonchev–Trinajstić information content (AvgIpc) is 2.36. The lowest BCUT2D eigenvalue weighted by atomic mass is 9.97. The van der Waals surface area contributed by atoms with E-state index in [1.54, 1.807) is 6.92 Å². The summed E-state index contributed by atoms with van der Waals surface area (Å²) in [6, 6.07) is 7.39. The first-order valence-electron chi connectivity index (χ1n) is 6.51. The van der Waals surface area contributed by atoms with Crippen LogP contribution in [-0.2, 0) is 21.1 Å². The molecule has 20 heavy (non-hydrogen) atoms. The van der Waals surface area contributed by atoms with Gasteiger partial charge in [-0.05, 0) is 37.0 Å². The number of carbonyl (C=O) groups is 1. The number of halogens is 1. The highest BCUT2D eigenvalue weighted by atomic mass is 79.9. The first-order chi connectivity index (χ1) is 9.34. The van der Waals surface area contributed by atoms with Crippen molar-refractivity contribution in [3.05, 3.63) is 34.3 Å². The highest BCUT2D eigenvalue weighted by Crippen LogP contribution is 2.17. The van der Waals surface area contributed by atoms with E-state index in [2.05, 4.69) is 15.9 Å². The predicted molar refractivity (Wildman–Crippen MR) is 82.5 cm³/mol. The van der Waals surface area contributed by atoms with Crippen molar-refractivity contribution < 1.29 is 18.3 Å². The maximum atomic E-state index is 11.7. The van der Waals surface area contributed by atoms with E-state index in [4.69, 9.17) is 0 Å². The van der Waals surface area contributed by atoms with Crippen molar-refractivity contribution in [3.63, 3.8) is 0 Å². The highest BCUT2D eigenvalue weighted by Gasteiger charge is 2.21. The molecule has 0 fully saturated rings. The summed E-state index contributed by atoms with van der Waals surface area (Å²) in [5.41, 5.74) is 0.897. The summed E-state index contributed by atoms with van der Waals surface area (Å²) in [6.07, 6.45) is 1.07. The van der Waals surface area contributed by atoms with Crippen LogP contribution in [0.5, 0.6) is 0 Å². The maximum Gasteiger partial charge on any atom is 0.306 e. The number of carboxylic acid groups (broad SMARTS) is 1. The topological polar surface area (TPSA) is 71.4 Å². The van der Waals surface area contributed by atoms with Crippen LogP contribution < -0.4 is 0 Å². The Balaban J connectivity index is 2.66. The molecule has 1 unspecified atom stereocenters. The van der Waals surface area contributed by atoms with Gasteiger partial charge in [-0.3, -0.25) is 4.79 Å². The van der Waals surface area contributed by atoms with Gasteiger partial charge in [-0.1, -0.05) is 35.0 Å². The third-order valence-electron chi connectivity index (χ3n) is 3.04. The Morgan fingerprint density at radius 2 is 1.85 bits per heavy atom. The Labute approximate surface area is 128 Å². The van der Waals surface area contributed by atoms with Crippen LogP contribution in [0.3, 0.4) is 0 Å².